The molecule has 0 spiro atoms. The average Bonchev–Trinajstić information content (AvgIpc) is 2.24. The molecule has 8 heteroatoms. The summed E-state index contributed by atoms with van der Waals surface area (Å²) in [5.41, 5.74) is 0.439. The van der Waals surface area contributed by atoms with E-state index in [1.165, 1.54) is 6.07 Å². The molecule has 1 aliphatic rings. The molecule has 1 aromatic rings. The summed E-state index contributed by atoms with van der Waals surface area (Å²) in [4.78, 5) is 1.71. The second kappa shape index (κ2) is 6.42. The summed E-state index contributed by atoms with van der Waals surface area (Å²) in [5.74, 6) is -2.07. The van der Waals surface area contributed by atoms with E-state index in [1.54, 1.807) is 4.90 Å². The fourth-order valence-electron chi connectivity index (χ4n) is 1.75. The first-order valence-corrected chi connectivity index (χ1v) is 5.53. The summed E-state index contributed by atoms with van der Waals surface area (Å²) in [6.45, 7) is 1.31. The Morgan fingerprint density at radius 1 is 1.30 bits per heavy atom. The van der Waals surface area contributed by atoms with Crippen molar-refractivity contribution in [1.82, 2.24) is 4.90 Å². The van der Waals surface area contributed by atoms with Gasteiger partial charge < -0.3 is 14.7 Å². The molecule has 0 radical (unpaired) electrons. The fourth-order valence-corrected chi connectivity index (χ4v) is 1.75. The number of halogens is 4. The van der Waals surface area contributed by atoms with Gasteiger partial charge in [0.15, 0.2) is 11.6 Å². The van der Waals surface area contributed by atoms with Gasteiger partial charge in [-0.1, -0.05) is 0 Å². The number of benzene rings is 1. The SMILES string of the molecule is [Li+].[O-]C=C(c1ccc(F)c(OC(F)(F)F)c1)N1CCC1. The van der Waals surface area contributed by atoms with Gasteiger partial charge in [-0.05, 0) is 24.6 Å². The number of alkyl halides is 3. The summed E-state index contributed by atoms with van der Waals surface area (Å²) < 4.78 is 53.1. The minimum atomic E-state index is -4.97. The number of likely N-dealkylation sites (tertiary alicyclic amines) is 1. The van der Waals surface area contributed by atoms with Gasteiger partial charge >= 0.3 is 25.2 Å². The Kier molecular flexibility index (Phi) is 5.37. The largest absolute Gasteiger partial charge is 1.00 e. The van der Waals surface area contributed by atoms with E-state index in [0.717, 1.165) is 18.6 Å². The minimum absolute atomic E-state index is 0. The van der Waals surface area contributed by atoms with Gasteiger partial charge in [-0.3, -0.25) is 0 Å². The van der Waals surface area contributed by atoms with E-state index in [1.807, 2.05) is 0 Å². The third-order valence-electron chi connectivity index (χ3n) is 2.76. The smallest absolute Gasteiger partial charge is 0.876 e. The van der Waals surface area contributed by atoms with E-state index in [9.17, 15) is 22.7 Å². The summed E-state index contributed by atoms with van der Waals surface area (Å²) in [7, 11) is 0. The maximum absolute atomic E-state index is 13.2. The van der Waals surface area contributed by atoms with Crippen LogP contribution in [0.5, 0.6) is 5.75 Å². The zero-order valence-electron chi connectivity index (χ0n) is 10.7. The van der Waals surface area contributed by atoms with Crippen molar-refractivity contribution in [2.75, 3.05) is 13.1 Å². The second-order valence-electron chi connectivity index (χ2n) is 4.04. The van der Waals surface area contributed by atoms with Gasteiger partial charge in [-0.25, -0.2) is 4.39 Å². The second-order valence-corrected chi connectivity index (χ2v) is 4.04. The van der Waals surface area contributed by atoms with Crippen molar-refractivity contribution in [1.29, 1.82) is 0 Å². The zero-order chi connectivity index (χ0) is 14.0. The van der Waals surface area contributed by atoms with Gasteiger partial charge in [0.05, 0.1) is 0 Å². The van der Waals surface area contributed by atoms with Gasteiger partial charge in [0.1, 0.15) is 0 Å². The molecule has 1 heterocycles. The molecule has 0 aliphatic carbocycles. The van der Waals surface area contributed by atoms with Crippen molar-refractivity contribution in [3.63, 3.8) is 0 Å². The molecule has 0 amide bonds. The van der Waals surface area contributed by atoms with E-state index < -0.39 is 17.9 Å². The molecule has 104 valence electrons. The summed E-state index contributed by atoms with van der Waals surface area (Å²) in [6, 6.07) is 2.98. The molecular formula is C12H10F4LiNO2. The molecule has 0 atom stereocenters. The summed E-state index contributed by atoms with van der Waals surface area (Å²) in [5, 5.41) is 11.0. The van der Waals surface area contributed by atoms with Gasteiger partial charge in [0.2, 0.25) is 0 Å². The maximum atomic E-state index is 13.2. The van der Waals surface area contributed by atoms with Crippen molar-refractivity contribution in [3.8, 4) is 5.75 Å². The molecule has 3 nitrogen and oxygen atoms in total. The molecule has 1 fully saturated rings. The van der Waals surface area contributed by atoms with Gasteiger partial charge in [-0.15, -0.1) is 19.4 Å². The summed E-state index contributed by atoms with van der Waals surface area (Å²) >= 11 is 0. The van der Waals surface area contributed by atoms with Crippen molar-refractivity contribution < 1.29 is 46.3 Å². The zero-order valence-corrected chi connectivity index (χ0v) is 10.7. The monoisotopic (exact) mass is 283 g/mol. The molecule has 2 rings (SSSR count). The Morgan fingerprint density at radius 2 is 1.95 bits per heavy atom. The van der Waals surface area contributed by atoms with Crippen LogP contribution in [0.15, 0.2) is 24.5 Å². The van der Waals surface area contributed by atoms with Crippen molar-refractivity contribution in [2.24, 2.45) is 0 Å². The first-order valence-electron chi connectivity index (χ1n) is 5.53. The van der Waals surface area contributed by atoms with Crippen LogP contribution in [-0.2, 0) is 0 Å². The molecule has 0 unspecified atom stereocenters. The van der Waals surface area contributed by atoms with E-state index in [2.05, 4.69) is 4.74 Å². The van der Waals surface area contributed by atoms with Gasteiger partial charge in [-0.2, -0.15) is 0 Å². The molecule has 0 N–H and O–H groups in total. The molecule has 1 aliphatic heterocycles. The topological polar surface area (TPSA) is 35.5 Å². The Bertz CT molecular complexity index is 501. The van der Waals surface area contributed by atoms with E-state index in [0.29, 0.717) is 19.4 Å². The maximum Gasteiger partial charge on any atom is 1.00 e. The Balaban J connectivity index is 0.00000200. The summed E-state index contributed by atoms with van der Waals surface area (Å²) in [6.07, 6.45) is -3.52. The predicted molar refractivity (Wildman–Crippen MR) is 57.3 cm³/mol. The molecule has 20 heavy (non-hydrogen) atoms. The molecule has 0 bridgehead atoms. The third kappa shape index (κ3) is 3.84. The average molecular weight is 283 g/mol. The van der Waals surface area contributed by atoms with Crippen LogP contribution in [0.2, 0.25) is 0 Å². The molecule has 1 saturated heterocycles. The molecule has 0 saturated carbocycles. The Hall–Kier alpha value is -1.32. The normalized spacial score (nSPS) is 15.4. The molecule has 1 aromatic carbocycles. The minimum Gasteiger partial charge on any atom is -0.876 e. The standard InChI is InChI=1S/C12H11F4NO2.Li/c13-9-3-2-8(6-11(9)19-12(14,15)16)10(7-18)17-4-1-5-17;/h2-3,6-7,18H,1,4-5H2;/q;+1/p-1. The number of ether oxygens (including phenoxy) is 1. The van der Waals surface area contributed by atoms with Crippen LogP contribution >= 0.6 is 0 Å². The fraction of sp³-hybridized carbons (Fsp3) is 0.333. The van der Waals surface area contributed by atoms with Crippen LogP contribution in [0, 0.1) is 5.82 Å². The van der Waals surface area contributed by atoms with Crippen LogP contribution < -0.4 is 28.7 Å². The van der Waals surface area contributed by atoms with Crippen molar-refractivity contribution in [2.45, 2.75) is 12.8 Å². The van der Waals surface area contributed by atoms with E-state index >= 15 is 0 Å². The van der Waals surface area contributed by atoms with Crippen molar-refractivity contribution in [3.05, 3.63) is 35.8 Å². The Labute approximate surface area is 125 Å². The quantitative estimate of drug-likeness (QED) is 0.409. The van der Waals surface area contributed by atoms with Crippen molar-refractivity contribution >= 4 is 5.70 Å². The van der Waals surface area contributed by atoms with Gasteiger partial charge in [0.25, 0.3) is 0 Å². The van der Waals surface area contributed by atoms with Gasteiger partial charge in [0, 0.05) is 24.4 Å². The third-order valence-corrected chi connectivity index (χ3v) is 2.76. The molecule has 0 aromatic heterocycles. The predicted octanol–water partition coefficient (Wildman–Crippen LogP) is -0.907. The first kappa shape index (κ1) is 16.7. The van der Waals surface area contributed by atoms with Crippen LogP contribution in [0.3, 0.4) is 0 Å². The number of rotatable bonds is 3. The number of hydrogen-bond donors (Lipinski definition) is 0. The van der Waals surface area contributed by atoms with Crippen LogP contribution in [0.4, 0.5) is 17.6 Å². The van der Waals surface area contributed by atoms with E-state index in [-0.39, 0.29) is 30.1 Å². The molecular weight excluding hydrogens is 273 g/mol. The van der Waals surface area contributed by atoms with Crippen LogP contribution in [0.1, 0.15) is 12.0 Å². The van der Waals surface area contributed by atoms with Crippen LogP contribution in [-0.4, -0.2) is 24.4 Å². The van der Waals surface area contributed by atoms with Crippen LogP contribution in [0.25, 0.3) is 5.70 Å². The first-order chi connectivity index (χ1) is 8.90. The Morgan fingerprint density at radius 3 is 2.40 bits per heavy atom. The number of hydrogen-bond acceptors (Lipinski definition) is 3. The van der Waals surface area contributed by atoms with E-state index in [4.69, 9.17) is 0 Å². The number of nitrogens with zero attached hydrogens (tertiary/aromatic N) is 1.